The van der Waals surface area contributed by atoms with E-state index in [1.54, 1.807) is 37.4 Å². The molecule has 9 heteroatoms. The maximum atomic E-state index is 13.4. The van der Waals surface area contributed by atoms with Crippen molar-refractivity contribution in [3.05, 3.63) is 47.0 Å². The number of nitrogens with zero attached hydrogens (tertiary/aromatic N) is 1. The van der Waals surface area contributed by atoms with Crippen molar-refractivity contribution < 1.29 is 19.1 Å². The highest BCUT2D eigenvalue weighted by Crippen LogP contribution is 2.36. The lowest BCUT2D eigenvalue weighted by Gasteiger charge is -2.25. The second kappa shape index (κ2) is 8.70. The molecule has 0 aliphatic carbocycles. The number of amides is 4. The number of halogens is 1. The number of methoxy groups -OCH3 is 1. The van der Waals surface area contributed by atoms with E-state index in [1.807, 2.05) is 19.9 Å². The molecule has 0 radical (unpaired) electrons. The summed E-state index contributed by atoms with van der Waals surface area (Å²) >= 11 is 6.18. The molecule has 3 N–H and O–H groups in total. The molecule has 2 aromatic carbocycles. The van der Waals surface area contributed by atoms with Gasteiger partial charge in [0.25, 0.3) is 5.91 Å². The standard InChI is InChI=1S/C23H25ClN4O4/c1-12(2)25-23(31)27-18-8-9-28-20(18)21(29)26-17-6-4-13(10-16(17)22(28)30)15-11-14(24)5-7-19(15)32-3/h4-7,10-12,18,20H,8-9H2,1-3H3,(H,26,29)(H2,25,27,31)/t18-,20+/m1/s1. The van der Waals surface area contributed by atoms with Crippen molar-refractivity contribution in [1.29, 1.82) is 0 Å². The number of anilines is 1. The van der Waals surface area contributed by atoms with Crippen LogP contribution in [0.25, 0.3) is 11.1 Å². The normalized spacial score (nSPS) is 19.7. The maximum Gasteiger partial charge on any atom is 0.315 e. The fourth-order valence-corrected chi connectivity index (χ4v) is 4.40. The minimum Gasteiger partial charge on any atom is -0.496 e. The number of nitrogens with one attached hydrogen (secondary N) is 3. The van der Waals surface area contributed by atoms with Gasteiger partial charge in [0.2, 0.25) is 5.91 Å². The number of hydrogen-bond acceptors (Lipinski definition) is 4. The lowest BCUT2D eigenvalue weighted by atomic mass is 10.0. The summed E-state index contributed by atoms with van der Waals surface area (Å²) < 4.78 is 5.45. The van der Waals surface area contributed by atoms with Crippen LogP contribution in [0.15, 0.2) is 36.4 Å². The van der Waals surface area contributed by atoms with Crippen LogP contribution in [0.2, 0.25) is 5.02 Å². The summed E-state index contributed by atoms with van der Waals surface area (Å²) in [6.45, 7) is 4.07. The van der Waals surface area contributed by atoms with Crippen molar-refractivity contribution in [2.24, 2.45) is 0 Å². The quantitative estimate of drug-likeness (QED) is 0.657. The van der Waals surface area contributed by atoms with Gasteiger partial charge < -0.3 is 25.6 Å². The summed E-state index contributed by atoms with van der Waals surface area (Å²) in [7, 11) is 1.57. The molecule has 0 unspecified atom stereocenters. The monoisotopic (exact) mass is 456 g/mol. The molecule has 2 atom stereocenters. The Labute approximate surface area is 191 Å². The zero-order valence-corrected chi connectivity index (χ0v) is 18.8. The van der Waals surface area contributed by atoms with E-state index in [4.69, 9.17) is 16.3 Å². The van der Waals surface area contributed by atoms with E-state index in [-0.39, 0.29) is 23.9 Å². The molecule has 4 amide bonds. The van der Waals surface area contributed by atoms with Gasteiger partial charge in [-0.15, -0.1) is 0 Å². The van der Waals surface area contributed by atoms with E-state index in [0.29, 0.717) is 35.0 Å². The van der Waals surface area contributed by atoms with Gasteiger partial charge in [-0.3, -0.25) is 9.59 Å². The minimum atomic E-state index is -0.781. The highest BCUT2D eigenvalue weighted by atomic mass is 35.5. The van der Waals surface area contributed by atoms with E-state index >= 15 is 0 Å². The Kier molecular flexibility index (Phi) is 5.97. The summed E-state index contributed by atoms with van der Waals surface area (Å²) in [6.07, 6.45) is 0.493. The lowest BCUT2D eigenvalue weighted by molar-refractivity contribution is -0.120. The van der Waals surface area contributed by atoms with Gasteiger partial charge in [-0.1, -0.05) is 17.7 Å². The topological polar surface area (TPSA) is 99.8 Å². The molecule has 2 aliphatic heterocycles. The Morgan fingerprint density at radius 1 is 1.19 bits per heavy atom. The van der Waals surface area contributed by atoms with Crippen molar-refractivity contribution in [3.63, 3.8) is 0 Å². The average molecular weight is 457 g/mol. The van der Waals surface area contributed by atoms with Crippen LogP contribution in [0.5, 0.6) is 5.75 Å². The number of carbonyl (C=O) groups excluding carboxylic acids is 3. The first-order chi connectivity index (χ1) is 15.3. The van der Waals surface area contributed by atoms with Gasteiger partial charge in [-0.05, 0) is 56.2 Å². The van der Waals surface area contributed by atoms with Gasteiger partial charge in [-0.25, -0.2) is 4.79 Å². The number of fused-ring (bicyclic) bond motifs is 2. The van der Waals surface area contributed by atoms with Crippen molar-refractivity contribution in [2.75, 3.05) is 19.0 Å². The summed E-state index contributed by atoms with van der Waals surface area (Å²) in [4.78, 5) is 40.1. The molecule has 0 spiro atoms. The van der Waals surface area contributed by atoms with E-state index in [1.165, 1.54) is 4.90 Å². The first kappa shape index (κ1) is 22.0. The second-order valence-corrected chi connectivity index (χ2v) is 8.64. The van der Waals surface area contributed by atoms with Gasteiger partial charge in [0.1, 0.15) is 11.8 Å². The fourth-order valence-electron chi connectivity index (χ4n) is 4.23. The van der Waals surface area contributed by atoms with E-state index < -0.39 is 12.1 Å². The molecule has 4 rings (SSSR count). The van der Waals surface area contributed by atoms with Crippen LogP contribution in [-0.2, 0) is 4.79 Å². The van der Waals surface area contributed by atoms with Crippen LogP contribution in [0.4, 0.5) is 10.5 Å². The van der Waals surface area contributed by atoms with Gasteiger partial charge in [-0.2, -0.15) is 0 Å². The zero-order chi connectivity index (χ0) is 23.0. The Hall–Kier alpha value is -3.26. The summed E-state index contributed by atoms with van der Waals surface area (Å²) in [5.74, 6) is 0.0382. The molecule has 2 aliphatic rings. The molecule has 2 aromatic rings. The number of hydrogen-bond donors (Lipinski definition) is 3. The zero-order valence-electron chi connectivity index (χ0n) is 18.1. The van der Waals surface area contributed by atoms with E-state index in [0.717, 1.165) is 11.1 Å². The molecule has 1 saturated heterocycles. The summed E-state index contributed by atoms with van der Waals surface area (Å²) in [5, 5.41) is 9.00. The Balaban J connectivity index is 1.66. The molecule has 0 aromatic heterocycles. The third-order valence-corrected chi connectivity index (χ3v) is 5.88. The molecule has 1 fully saturated rings. The largest absolute Gasteiger partial charge is 0.496 e. The van der Waals surface area contributed by atoms with Crippen molar-refractivity contribution in [2.45, 2.75) is 38.4 Å². The SMILES string of the molecule is COc1ccc(Cl)cc1-c1ccc2c(c1)C(=O)N1CC[C@@H](NC(=O)NC(C)C)[C@H]1C(=O)N2. The maximum absolute atomic E-state index is 13.4. The number of ether oxygens (including phenoxy) is 1. The first-order valence-corrected chi connectivity index (χ1v) is 10.8. The van der Waals surface area contributed by atoms with Crippen LogP contribution < -0.4 is 20.7 Å². The number of rotatable bonds is 4. The number of urea groups is 1. The number of benzene rings is 2. The molecule has 32 heavy (non-hydrogen) atoms. The minimum absolute atomic E-state index is 0.0387. The van der Waals surface area contributed by atoms with E-state index in [2.05, 4.69) is 16.0 Å². The van der Waals surface area contributed by atoms with Crippen molar-refractivity contribution in [1.82, 2.24) is 15.5 Å². The second-order valence-electron chi connectivity index (χ2n) is 8.21. The molecule has 0 saturated carbocycles. The lowest BCUT2D eigenvalue weighted by Crippen LogP contribution is -2.54. The molecule has 8 nitrogen and oxygen atoms in total. The molecular weight excluding hydrogens is 432 g/mol. The average Bonchev–Trinajstić information content (AvgIpc) is 3.12. The highest BCUT2D eigenvalue weighted by Gasteiger charge is 2.45. The first-order valence-electron chi connectivity index (χ1n) is 10.5. The Morgan fingerprint density at radius 3 is 2.69 bits per heavy atom. The van der Waals surface area contributed by atoms with E-state index in [9.17, 15) is 14.4 Å². The van der Waals surface area contributed by atoms with Crippen molar-refractivity contribution >= 4 is 35.1 Å². The van der Waals surface area contributed by atoms with Crippen LogP contribution in [0.3, 0.4) is 0 Å². The van der Waals surface area contributed by atoms with Gasteiger partial charge in [0.15, 0.2) is 0 Å². The fraction of sp³-hybridized carbons (Fsp3) is 0.348. The molecule has 0 bridgehead atoms. The van der Waals surface area contributed by atoms with Crippen LogP contribution in [-0.4, -0.2) is 54.5 Å². The predicted octanol–water partition coefficient (Wildman–Crippen LogP) is 3.26. The molecule has 2 heterocycles. The van der Waals surface area contributed by atoms with Crippen molar-refractivity contribution in [3.8, 4) is 16.9 Å². The van der Waals surface area contributed by atoms with Gasteiger partial charge in [0.05, 0.1) is 24.4 Å². The van der Waals surface area contributed by atoms with Gasteiger partial charge >= 0.3 is 6.03 Å². The summed E-state index contributed by atoms with van der Waals surface area (Å²) in [5.41, 5.74) is 2.31. The smallest absolute Gasteiger partial charge is 0.315 e. The third kappa shape index (κ3) is 4.10. The van der Waals surface area contributed by atoms with Crippen LogP contribution >= 0.6 is 11.6 Å². The van der Waals surface area contributed by atoms with Crippen LogP contribution in [0.1, 0.15) is 30.6 Å². The third-order valence-electron chi connectivity index (χ3n) is 5.64. The Morgan fingerprint density at radius 2 is 1.97 bits per heavy atom. The number of carbonyl (C=O) groups is 3. The van der Waals surface area contributed by atoms with Gasteiger partial charge in [0, 0.05) is 23.2 Å². The predicted molar refractivity (Wildman–Crippen MR) is 122 cm³/mol. The van der Waals surface area contributed by atoms with Crippen LogP contribution in [0, 0.1) is 0 Å². The molecular formula is C23H25ClN4O4. The summed E-state index contributed by atoms with van der Waals surface area (Å²) in [6, 6.07) is 8.87. The molecule has 168 valence electrons. The Bertz CT molecular complexity index is 1090. The highest BCUT2D eigenvalue weighted by molar-refractivity contribution is 6.31.